The lowest BCUT2D eigenvalue weighted by atomic mass is 10.2. The van der Waals surface area contributed by atoms with E-state index in [0.29, 0.717) is 13.2 Å². The largest absolute Gasteiger partial charge is 0.394 e. The van der Waals surface area contributed by atoms with Crippen LogP contribution in [-0.4, -0.2) is 47.7 Å². The maximum atomic E-state index is 9.10. The van der Waals surface area contributed by atoms with E-state index in [1.807, 2.05) is 4.90 Å². The number of nitrogens with zero attached hydrogens (tertiary/aromatic N) is 3. The maximum absolute atomic E-state index is 9.10. The van der Waals surface area contributed by atoms with Gasteiger partial charge in [0.05, 0.1) is 25.9 Å². The molecule has 13 heavy (non-hydrogen) atoms. The van der Waals surface area contributed by atoms with Gasteiger partial charge in [-0.25, -0.2) is 0 Å². The molecule has 1 N–H and O–H groups in total. The van der Waals surface area contributed by atoms with Gasteiger partial charge in [-0.05, 0) is 0 Å². The number of hydrogen-bond donors (Lipinski definition) is 1. The number of morpholine rings is 1. The second-order valence-electron chi connectivity index (χ2n) is 2.83. The summed E-state index contributed by atoms with van der Waals surface area (Å²) in [6, 6.07) is 0.0294. The molecule has 72 valence electrons. The summed E-state index contributed by atoms with van der Waals surface area (Å²) in [5.41, 5.74) is 1.69. The van der Waals surface area contributed by atoms with Crippen molar-refractivity contribution in [3.8, 4) is 0 Å². The lowest BCUT2D eigenvalue weighted by molar-refractivity contribution is 0.0726. The molecule has 1 saturated heterocycles. The highest BCUT2D eigenvalue weighted by Gasteiger charge is 2.24. The minimum absolute atomic E-state index is 0.0294. The first kappa shape index (κ1) is 8.86. The summed E-state index contributed by atoms with van der Waals surface area (Å²) in [4.78, 5) is 2.04. The molecule has 2 heterocycles. The Morgan fingerprint density at radius 1 is 1.77 bits per heavy atom. The molecular weight excluding hydrogens is 190 g/mol. The predicted octanol–water partition coefficient (Wildman–Crippen LogP) is -0.264. The molecule has 1 unspecified atom stereocenters. The van der Waals surface area contributed by atoms with Crippen LogP contribution in [0, 0.1) is 0 Å². The average molecular weight is 201 g/mol. The molecule has 0 aliphatic carbocycles. The molecule has 0 radical (unpaired) electrons. The van der Waals surface area contributed by atoms with Gasteiger partial charge >= 0.3 is 0 Å². The fourth-order valence-electron chi connectivity index (χ4n) is 1.35. The van der Waals surface area contributed by atoms with Crippen molar-refractivity contribution in [3.63, 3.8) is 0 Å². The van der Waals surface area contributed by atoms with E-state index >= 15 is 0 Å². The predicted molar refractivity (Wildman–Crippen MR) is 48.9 cm³/mol. The lowest BCUT2D eigenvalue weighted by Gasteiger charge is -2.33. The average Bonchev–Trinajstić information content (AvgIpc) is 2.70. The number of aromatic nitrogens is 2. The smallest absolute Gasteiger partial charge is 0.208 e. The van der Waals surface area contributed by atoms with E-state index in [2.05, 4.69) is 10.2 Å². The highest BCUT2D eigenvalue weighted by atomic mass is 32.1. The molecule has 2 rings (SSSR count). The van der Waals surface area contributed by atoms with Gasteiger partial charge in [0.2, 0.25) is 5.13 Å². The van der Waals surface area contributed by atoms with Crippen molar-refractivity contribution < 1.29 is 9.84 Å². The van der Waals surface area contributed by atoms with Gasteiger partial charge in [-0.2, -0.15) is 0 Å². The first-order valence-electron chi connectivity index (χ1n) is 4.13. The van der Waals surface area contributed by atoms with Crippen LogP contribution in [-0.2, 0) is 4.74 Å². The van der Waals surface area contributed by atoms with E-state index in [1.54, 1.807) is 5.51 Å². The van der Waals surface area contributed by atoms with Crippen molar-refractivity contribution in [1.29, 1.82) is 0 Å². The quantitative estimate of drug-likeness (QED) is 0.714. The van der Waals surface area contributed by atoms with E-state index < -0.39 is 0 Å². The second-order valence-corrected chi connectivity index (χ2v) is 3.64. The van der Waals surface area contributed by atoms with Gasteiger partial charge in [0.1, 0.15) is 5.51 Å². The Morgan fingerprint density at radius 2 is 2.69 bits per heavy atom. The zero-order valence-corrected chi connectivity index (χ0v) is 7.90. The molecule has 0 spiro atoms. The van der Waals surface area contributed by atoms with Crippen LogP contribution < -0.4 is 4.90 Å². The Morgan fingerprint density at radius 3 is 3.38 bits per heavy atom. The molecule has 1 aliphatic heterocycles. The van der Waals surface area contributed by atoms with Crippen LogP contribution in [0.1, 0.15) is 0 Å². The van der Waals surface area contributed by atoms with Crippen molar-refractivity contribution in [2.75, 3.05) is 31.3 Å². The minimum atomic E-state index is 0.0294. The summed E-state index contributed by atoms with van der Waals surface area (Å²) in [5.74, 6) is 0. The summed E-state index contributed by atoms with van der Waals surface area (Å²) in [6.45, 7) is 2.13. The Hall–Kier alpha value is -0.720. The number of ether oxygens (including phenoxy) is 1. The first-order valence-corrected chi connectivity index (χ1v) is 5.01. The zero-order valence-electron chi connectivity index (χ0n) is 7.09. The molecule has 5 nitrogen and oxygen atoms in total. The van der Waals surface area contributed by atoms with Gasteiger partial charge in [0.25, 0.3) is 0 Å². The van der Waals surface area contributed by atoms with Crippen LogP contribution in [0.4, 0.5) is 5.13 Å². The summed E-state index contributed by atoms with van der Waals surface area (Å²) in [6.07, 6.45) is 0. The van der Waals surface area contributed by atoms with Gasteiger partial charge in [-0.1, -0.05) is 11.3 Å². The third kappa shape index (κ3) is 1.79. The van der Waals surface area contributed by atoms with E-state index in [-0.39, 0.29) is 12.6 Å². The van der Waals surface area contributed by atoms with Crippen LogP contribution >= 0.6 is 11.3 Å². The van der Waals surface area contributed by atoms with E-state index in [0.717, 1.165) is 11.7 Å². The highest BCUT2D eigenvalue weighted by molar-refractivity contribution is 7.13. The Balaban J connectivity index is 2.11. The van der Waals surface area contributed by atoms with Crippen molar-refractivity contribution in [1.82, 2.24) is 10.2 Å². The summed E-state index contributed by atoms with van der Waals surface area (Å²) in [7, 11) is 0. The maximum Gasteiger partial charge on any atom is 0.208 e. The lowest BCUT2D eigenvalue weighted by Crippen LogP contribution is -2.47. The SMILES string of the molecule is OCC1COCCN1c1nncs1. The van der Waals surface area contributed by atoms with Crippen molar-refractivity contribution in [2.45, 2.75) is 6.04 Å². The number of hydrogen-bond acceptors (Lipinski definition) is 6. The van der Waals surface area contributed by atoms with E-state index in [1.165, 1.54) is 11.3 Å². The Kier molecular flexibility index (Phi) is 2.72. The monoisotopic (exact) mass is 201 g/mol. The fourth-order valence-corrected chi connectivity index (χ4v) is 2.01. The van der Waals surface area contributed by atoms with Gasteiger partial charge in [0.15, 0.2) is 0 Å². The molecule has 0 saturated carbocycles. The van der Waals surface area contributed by atoms with Crippen LogP contribution in [0.3, 0.4) is 0 Å². The summed E-state index contributed by atoms with van der Waals surface area (Å²) >= 11 is 1.49. The van der Waals surface area contributed by atoms with Crippen LogP contribution in [0.25, 0.3) is 0 Å². The standard InChI is InChI=1S/C7H11N3O2S/c11-3-6-4-12-2-1-10(6)7-9-8-5-13-7/h5-6,11H,1-4H2. The number of anilines is 1. The van der Waals surface area contributed by atoms with E-state index in [9.17, 15) is 0 Å². The normalized spacial score (nSPS) is 23.5. The number of aliphatic hydroxyl groups is 1. The third-order valence-corrected chi connectivity index (χ3v) is 2.76. The van der Waals surface area contributed by atoms with Crippen molar-refractivity contribution >= 4 is 16.5 Å². The molecule has 1 aromatic heterocycles. The van der Waals surface area contributed by atoms with Gasteiger partial charge in [-0.15, -0.1) is 10.2 Å². The van der Waals surface area contributed by atoms with E-state index in [4.69, 9.17) is 9.84 Å². The van der Waals surface area contributed by atoms with Crippen molar-refractivity contribution in [2.24, 2.45) is 0 Å². The molecule has 1 aliphatic rings. The minimum Gasteiger partial charge on any atom is -0.394 e. The zero-order chi connectivity index (χ0) is 9.10. The molecule has 1 fully saturated rings. The molecule has 6 heteroatoms. The van der Waals surface area contributed by atoms with Crippen molar-refractivity contribution in [3.05, 3.63) is 5.51 Å². The molecular formula is C7H11N3O2S. The Bertz CT molecular complexity index is 254. The Labute approximate surface area is 80.0 Å². The van der Waals surface area contributed by atoms with Gasteiger partial charge in [0, 0.05) is 6.54 Å². The topological polar surface area (TPSA) is 58.5 Å². The summed E-state index contributed by atoms with van der Waals surface area (Å²) < 4.78 is 5.26. The van der Waals surface area contributed by atoms with Crippen LogP contribution in [0.15, 0.2) is 5.51 Å². The first-order chi connectivity index (χ1) is 6.42. The molecule has 1 aromatic rings. The molecule has 0 bridgehead atoms. The van der Waals surface area contributed by atoms with Gasteiger partial charge < -0.3 is 14.7 Å². The molecule has 0 amide bonds. The molecule has 0 aromatic carbocycles. The fraction of sp³-hybridized carbons (Fsp3) is 0.714. The summed E-state index contributed by atoms with van der Waals surface area (Å²) in [5, 5.41) is 17.7. The number of rotatable bonds is 2. The highest BCUT2D eigenvalue weighted by Crippen LogP contribution is 2.20. The third-order valence-electron chi connectivity index (χ3n) is 2.03. The number of aliphatic hydroxyl groups excluding tert-OH is 1. The molecule has 1 atom stereocenters. The second kappa shape index (κ2) is 3.99. The van der Waals surface area contributed by atoms with Crippen LogP contribution in [0.2, 0.25) is 0 Å². The van der Waals surface area contributed by atoms with Gasteiger partial charge in [-0.3, -0.25) is 0 Å². The van der Waals surface area contributed by atoms with Crippen LogP contribution in [0.5, 0.6) is 0 Å².